The SMILES string of the molecule is OC1CCC(OCC2C=CCCC2)CC1. The van der Waals surface area contributed by atoms with E-state index in [1.54, 1.807) is 0 Å². The van der Waals surface area contributed by atoms with Crippen molar-refractivity contribution in [2.75, 3.05) is 6.61 Å². The van der Waals surface area contributed by atoms with Gasteiger partial charge in [-0.3, -0.25) is 0 Å². The van der Waals surface area contributed by atoms with E-state index in [0.29, 0.717) is 12.0 Å². The minimum absolute atomic E-state index is 0.0700. The third-order valence-corrected chi connectivity index (χ3v) is 3.54. The predicted octanol–water partition coefficient (Wildman–Crippen LogP) is 2.66. The Morgan fingerprint density at radius 3 is 2.60 bits per heavy atom. The fourth-order valence-electron chi connectivity index (χ4n) is 2.49. The Balaban J connectivity index is 1.64. The van der Waals surface area contributed by atoms with Crippen molar-refractivity contribution in [3.63, 3.8) is 0 Å². The Bertz CT molecular complexity index is 205. The molecule has 1 unspecified atom stereocenters. The van der Waals surface area contributed by atoms with Crippen LogP contribution in [0.25, 0.3) is 0 Å². The summed E-state index contributed by atoms with van der Waals surface area (Å²) in [6, 6.07) is 0. The van der Waals surface area contributed by atoms with E-state index in [1.165, 1.54) is 19.3 Å². The minimum Gasteiger partial charge on any atom is -0.393 e. The highest BCUT2D eigenvalue weighted by Crippen LogP contribution is 2.23. The first-order chi connectivity index (χ1) is 7.34. The van der Waals surface area contributed by atoms with E-state index >= 15 is 0 Å². The first-order valence-corrected chi connectivity index (χ1v) is 6.31. The summed E-state index contributed by atoms with van der Waals surface area (Å²) >= 11 is 0. The molecule has 0 radical (unpaired) electrons. The molecule has 1 N–H and O–H groups in total. The van der Waals surface area contributed by atoms with Crippen LogP contribution >= 0.6 is 0 Å². The van der Waals surface area contributed by atoms with Crippen molar-refractivity contribution in [3.05, 3.63) is 12.2 Å². The normalized spacial score (nSPS) is 36.7. The van der Waals surface area contributed by atoms with Crippen LogP contribution in [-0.2, 0) is 4.74 Å². The van der Waals surface area contributed by atoms with Gasteiger partial charge in [-0.2, -0.15) is 0 Å². The number of allylic oxidation sites excluding steroid dienone is 1. The van der Waals surface area contributed by atoms with Gasteiger partial charge in [-0.25, -0.2) is 0 Å². The van der Waals surface area contributed by atoms with E-state index in [-0.39, 0.29) is 6.10 Å². The molecule has 2 nitrogen and oxygen atoms in total. The highest BCUT2D eigenvalue weighted by molar-refractivity contribution is 4.93. The number of aliphatic hydroxyl groups excluding tert-OH is 1. The van der Waals surface area contributed by atoms with Crippen LogP contribution in [0.3, 0.4) is 0 Å². The molecule has 0 heterocycles. The Morgan fingerprint density at radius 2 is 1.93 bits per heavy atom. The van der Waals surface area contributed by atoms with Crippen LogP contribution < -0.4 is 0 Å². The predicted molar refractivity (Wildman–Crippen MR) is 60.7 cm³/mol. The summed E-state index contributed by atoms with van der Waals surface area (Å²) in [4.78, 5) is 0. The zero-order chi connectivity index (χ0) is 10.5. The number of hydrogen-bond acceptors (Lipinski definition) is 2. The van der Waals surface area contributed by atoms with Crippen LogP contribution in [0.15, 0.2) is 12.2 Å². The Kier molecular flexibility index (Phi) is 4.21. The van der Waals surface area contributed by atoms with Crippen molar-refractivity contribution in [1.29, 1.82) is 0 Å². The second-order valence-electron chi connectivity index (χ2n) is 4.88. The van der Waals surface area contributed by atoms with Gasteiger partial charge in [0.05, 0.1) is 18.8 Å². The lowest BCUT2D eigenvalue weighted by molar-refractivity contribution is -0.0135. The molecule has 0 aliphatic heterocycles. The van der Waals surface area contributed by atoms with Gasteiger partial charge in [0.25, 0.3) is 0 Å². The molecule has 0 saturated heterocycles. The zero-order valence-electron chi connectivity index (χ0n) is 9.40. The average molecular weight is 210 g/mol. The van der Waals surface area contributed by atoms with E-state index in [4.69, 9.17) is 4.74 Å². The molecule has 0 amide bonds. The third-order valence-electron chi connectivity index (χ3n) is 3.54. The van der Waals surface area contributed by atoms with Gasteiger partial charge in [0.2, 0.25) is 0 Å². The van der Waals surface area contributed by atoms with Crippen molar-refractivity contribution in [2.24, 2.45) is 5.92 Å². The van der Waals surface area contributed by atoms with Crippen molar-refractivity contribution >= 4 is 0 Å². The first-order valence-electron chi connectivity index (χ1n) is 6.31. The van der Waals surface area contributed by atoms with Crippen molar-refractivity contribution in [3.8, 4) is 0 Å². The fraction of sp³-hybridized carbons (Fsp3) is 0.846. The third kappa shape index (κ3) is 3.62. The molecule has 2 aliphatic carbocycles. The van der Waals surface area contributed by atoms with Gasteiger partial charge in [0.15, 0.2) is 0 Å². The second-order valence-corrected chi connectivity index (χ2v) is 4.88. The molecule has 2 heteroatoms. The minimum atomic E-state index is -0.0700. The maximum atomic E-state index is 9.38. The lowest BCUT2D eigenvalue weighted by atomic mass is 9.94. The van der Waals surface area contributed by atoms with Crippen LogP contribution in [0.1, 0.15) is 44.9 Å². The number of rotatable bonds is 3. The second kappa shape index (κ2) is 5.66. The molecule has 15 heavy (non-hydrogen) atoms. The molecule has 0 spiro atoms. The first kappa shape index (κ1) is 11.2. The molecule has 0 aromatic heterocycles. The van der Waals surface area contributed by atoms with Crippen molar-refractivity contribution in [1.82, 2.24) is 0 Å². The Hall–Kier alpha value is -0.340. The van der Waals surface area contributed by atoms with Gasteiger partial charge in [-0.05, 0) is 44.9 Å². The van der Waals surface area contributed by atoms with Gasteiger partial charge < -0.3 is 9.84 Å². The summed E-state index contributed by atoms with van der Waals surface area (Å²) in [6.07, 6.45) is 12.7. The van der Waals surface area contributed by atoms with E-state index in [2.05, 4.69) is 12.2 Å². The molecule has 0 aromatic carbocycles. The van der Waals surface area contributed by atoms with Crippen LogP contribution in [0.2, 0.25) is 0 Å². The van der Waals surface area contributed by atoms with Crippen LogP contribution in [0, 0.1) is 5.92 Å². The van der Waals surface area contributed by atoms with Crippen LogP contribution in [0.5, 0.6) is 0 Å². The van der Waals surface area contributed by atoms with Crippen molar-refractivity contribution < 1.29 is 9.84 Å². The molecule has 86 valence electrons. The zero-order valence-corrected chi connectivity index (χ0v) is 9.40. The van der Waals surface area contributed by atoms with Crippen LogP contribution in [-0.4, -0.2) is 23.9 Å². The van der Waals surface area contributed by atoms with E-state index in [9.17, 15) is 5.11 Å². The molecular weight excluding hydrogens is 188 g/mol. The lowest BCUT2D eigenvalue weighted by Crippen LogP contribution is -2.26. The quantitative estimate of drug-likeness (QED) is 0.726. The van der Waals surface area contributed by atoms with Gasteiger partial charge >= 0.3 is 0 Å². The number of hydrogen-bond donors (Lipinski definition) is 1. The maximum Gasteiger partial charge on any atom is 0.0577 e. The highest BCUT2D eigenvalue weighted by atomic mass is 16.5. The molecular formula is C13H22O2. The summed E-state index contributed by atoms with van der Waals surface area (Å²) in [5.41, 5.74) is 0. The topological polar surface area (TPSA) is 29.5 Å². The fourth-order valence-corrected chi connectivity index (χ4v) is 2.49. The summed E-state index contributed by atoms with van der Waals surface area (Å²) in [7, 11) is 0. The number of ether oxygens (including phenoxy) is 1. The summed E-state index contributed by atoms with van der Waals surface area (Å²) < 4.78 is 5.91. The maximum absolute atomic E-state index is 9.38. The average Bonchev–Trinajstić information content (AvgIpc) is 2.30. The lowest BCUT2D eigenvalue weighted by Gasteiger charge is -2.27. The van der Waals surface area contributed by atoms with E-state index in [0.717, 1.165) is 32.3 Å². The van der Waals surface area contributed by atoms with Gasteiger partial charge in [0.1, 0.15) is 0 Å². The Labute approximate surface area is 92.3 Å². The highest BCUT2D eigenvalue weighted by Gasteiger charge is 2.20. The molecule has 0 aromatic rings. The molecule has 0 bridgehead atoms. The number of aliphatic hydroxyl groups is 1. The molecule has 2 aliphatic rings. The van der Waals surface area contributed by atoms with Gasteiger partial charge in [-0.15, -0.1) is 0 Å². The monoisotopic (exact) mass is 210 g/mol. The molecule has 1 saturated carbocycles. The van der Waals surface area contributed by atoms with E-state index < -0.39 is 0 Å². The van der Waals surface area contributed by atoms with Crippen LogP contribution in [0.4, 0.5) is 0 Å². The molecule has 2 rings (SSSR count). The Morgan fingerprint density at radius 1 is 1.13 bits per heavy atom. The summed E-state index contributed by atoms with van der Waals surface area (Å²) in [6.45, 7) is 0.886. The smallest absolute Gasteiger partial charge is 0.0577 e. The summed E-state index contributed by atoms with van der Waals surface area (Å²) in [5.74, 6) is 0.644. The molecule has 1 fully saturated rings. The molecule has 1 atom stereocenters. The standard InChI is InChI=1S/C13H22O2/c14-12-6-8-13(9-7-12)15-10-11-4-2-1-3-5-11/h2,4,11-14H,1,3,5-10H2. The van der Waals surface area contributed by atoms with Crippen molar-refractivity contribution in [2.45, 2.75) is 57.2 Å². The van der Waals surface area contributed by atoms with Gasteiger partial charge in [0, 0.05) is 5.92 Å². The summed E-state index contributed by atoms with van der Waals surface area (Å²) in [5, 5.41) is 9.38. The largest absolute Gasteiger partial charge is 0.393 e. The van der Waals surface area contributed by atoms with E-state index in [1.807, 2.05) is 0 Å². The van der Waals surface area contributed by atoms with Gasteiger partial charge in [-0.1, -0.05) is 12.2 Å².